The Kier molecular flexibility index (Phi) is 7.19. The maximum absolute atomic E-state index is 13.5. The Morgan fingerprint density at radius 3 is 2.57 bits per heavy atom. The first-order valence-corrected chi connectivity index (χ1v) is 11.6. The number of benzene rings is 2. The molecule has 0 spiro atoms. The second-order valence-electron chi connectivity index (χ2n) is 8.39. The van der Waals surface area contributed by atoms with E-state index in [2.05, 4.69) is 4.98 Å². The van der Waals surface area contributed by atoms with Crippen LogP contribution >= 0.6 is 0 Å². The number of Topliss-reactive ketones (excluding diaryl/α,β-unsaturated/α-hetero) is 1. The second-order valence-corrected chi connectivity index (χ2v) is 8.39. The highest BCUT2D eigenvalue weighted by atomic mass is 16.5. The first kappa shape index (κ1) is 24.1. The summed E-state index contributed by atoms with van der Waals surface area (Å²) < 4.78 is 13.1. The number of rotatable bonds is 9. The normalized spacial score (nSPS) is 17.1. The van der Waals surface area contributed by atoms with E-state index < -0.39 is 23.5 Å². The average Bonchev–Trinajstić information content (AvgIpc) is 3.47. The van der Waals surface area contributed by atoms with E-state index in [1.165, 1.54) is 12.0 Å². The summed E-state index contributed by atoms with van der Waals surface area (Å²) in [6, 6.07) is 11.4. The molecule has 1 aliphatic rings. The molecule has 1 amide bonds. The number of nitrogens with one attached hydrogen (secondary N) is 1. The van der Waals surface area contributed by atoms with Gasteiger partial charge in [-0.1, -0.05) is 41.7 Å². The monoisotopic (exact) mass is 475 g/mol. The number of hydrogen-bond donors (Lipinski definition) is 1. The van der Waals surface area contributed by atoms with Crippen LogP contribution in [0, 0.1) is 6.92 Å². The molecule has 1 fully saturated rings. The number of aromatic nitrogens is 2. The van der Waals surface area contributed by atoms with E-state index >= 15 is 0 Å². The third kappa shape index (κ3) is 4.91. The molecular formula is C27H29N3O5. The van der Waals surface area contributed by atoms with Crippen LogP contribution in [0.25, 0.3) is 5.76 Å². The lowest BCUT2D eigenvalue weighted by atomic mass is 9.94. The van der Waals surface area contributed by atoms with Gasteiger partial charge in [0.05, 0.1) is 26.3 Å². The van der Waals surface area contributed by atoms with Gasteiger partial charge in [-0.05, 0) is 37.1 Å². The third-order valence-corrected chi connectivity index (χ3v) is 6.06. The predicted octanol–water partition coefficient (Wildman–Crippen LogP) is 2.33. The van der Waals surface area contributed by atoms with Crippen molar-refractivity contribution >= 4 is 17.4 Å². The fraction of sp³-hybridized carbons (Fsp3) is 0.296. The molecule has 1 saturated heterocycles. The molecule has 0 aliphatic carbocycles. The van der Waals surface area contributed by atoms with Gasteiger partial charge in [-0.15, -0.1) is 0 Å². The van der Waals surface area contributed by atoms with Crippen LogP contribution in [-0.2, 0) is 16.1 Å². The minimum atomic E-state index is -0.815. The van der Waals surface area contributed by atoms with Gasteiger partial charge in [-0.3, -0.25) is 14.6 Å². The van der Waals surface area contributed by atoms with Gasteiger partial charge in [0.1, 0.15) is 12.4 Å². The molecule has 3 aromatic rings. The van der Waals surface area contributed by atoms with E-state index in [0.29, 0.717) is 48.7 Å². The predicted molar refractivity (Wildman–Crippen MR) is 127 cm³/mol. The number of carbonyl (C=O) groups is 2. The van der Waals surface area contributed by atoms with Crippen LogP contribution in [-0.4, -0.2) is 41.8 Å². The highest BCUT2D eigenvalue weighted by molar-refractivity contribution is 6.46. The number of imidazole rings is 1. The lowest BCUT2D eigenvalue weighted by molar-refractivity contribution is -0.695. The summed E-state index contributed by atoms with van der Waals surface area (Å²) in [6.07, 6.45) is 6.14. The van der Waals surface area contributed by atoms with Gasteiger partial charge in [0.25, 0.3) is 5.91 Å². The fourth-order valence-electron chi connectivity index (χ4n) is 4.32. The molecule has 8 heteroatoms. The van der Waals surface area contributed by atoms with Crippen molar-refractivity contribution in [3.63, 3.8) is 0 Å². The van der Waals surface area contributed by atoms with Crippen molar-refractivity contribution in [1.82, 2.24) is 9.88 Å². The number of amides is 1. The molecule has 182 valence electrons. The summed E-state index contributed by atoms with van der Waals surface area (Å²) in [5.74, 6) is -0.846. The topological polar surface area (TPSA) is 98.6 Å². The Labute approximate surface area is 204 Å². The van der Waals surface area contributed by atoms with Gasteiger partial charge in [-0.25, -0.2) is 4.57 Å². The van der Waals surface area contributed by atoms with Crippen LogP contribution in [0.4, 0.5) is 0 Å². The Balaban J connectivity index is 1.77. The molecule has 1 unspecified atom stereocenters. The van der Waals surface area contributed by atoms with Crippen molar-refractivity contribution in [3.8, 4) is 11.5 Å². The van der Waals surface area contributed by atoms with E-state index in [0.717, 1.165) is 5.56 Å². The molecule has 0 saturated carbocycles. The largest absolute Gasteiger partial charge is 0.872 e. The van der Waals surface area contributed by atoms with Crippen molar-refractivity contribution in [2.24, 2.45) is 0 Å². The Morgan fingerprint density at radius 1 is 1.14 bits per heavy atom. The zero-order valence-corrected chi connectivity index (χ0v) is 20.1. The van der Waals surface area contributed by atoms with Gasteiger partial charge >= 0.3 is 0 Å². The third-order valence-electron chi connectivity index (χ3n) is 6.06. The van der Waals surface area contributed by atoms with Crippen molar-refractivity contribution in [2.45, 2.75) is 32.9 Å². The van der Waals surface area contributed by atoms with Crippen molar-refractivity contribution in [2.75, 3.05) is 20.3 Å². The average molecular weight is 476 g/mol. The maximum Gasteiger partial charge on any atom is 0.295 e. The number of likely N-dealkylation sites (tertiary alicyclic amines) is 1. The number of ketones is 1. The number of nitrogens with zero attached hydrogens (tertiary/aromatic N) is 2. The Hall–Kier alpha value is -4.07. The molecule has 1 aliphatic heterocycles. The van der Waals surface area contributed by atoms with Gasteiger partial charge in [0, 0.05) is 18.5 Å². The van der Waals surface area contributed by atoms with Crippen LogP contribution in [0.15, 0.2) is 66.8 Å². The number of methoxy groups -OCH3 is 1. The smallest absolute Gasteiger partial charge is 0.295 e. The van der Waals surface area contributed by atoms with Crippen molar-refractivity contribution < 1.29 is 28.7 Å². The highest BCUT2D eigenvalue weighted by Crippen LogP contribution is 2.41. The van der Waals surface area contributed by atoms with Gasteiger partial charge < -0.3 is 19.5 Å². The van der Waals surface area contributed by atoms with Crippen LogP contribution < -0.4 is 19.1 Å². The summed E-state index contributed by atoms with van der Waals surface area (Å²) >= 11 is 0. The van der Waals surface area contributed by atoms with Gasteiger partial charge in [0.2, 0.25) is 12.1 Å². The van der Waals surface area contributed by atoms with Crippen LogP contribution in [0.2, 0.25) is 0 Å². The summed E-state index contributed by atoms with van der Waals surface area (Å²) in [4.78, 5) is 30.8. The number of aromatic amines is 1. The molecule has 0 radical (unpaired) electrons. The lowest BCUT2D eigenvalue weighted by Crippen LogP contribution is -2.36. The first-order chi connectivity index (χ1) is 16.9. The molecule has 1 atom stereocenters. The molecule has 2 heterocycles. The Bertz CT molecular complexity index is 1230. The molecule has 1 aromatic heterocycles. The minimum Gasteiger partial charge on any atom is -0.872 e. The zero-order valence-electron chi connectivity index (χ0n) is 20.1. The van der Waals surface area contributed by atoms with E-state index in [9.17, 15) is 14.7 Å². The number of carbonyl (C=O) groups excluding carboxylic acids is 2. The molecule has 8 nitrogen and oxygen atoms in total. The lowest BCUT2D eigenvalue weighted by Gasteiger charge is -2.28. The van der Waals surface area contributed by atoms with E-state index in [1.807, 2.05) is 49.3 Å². The summed E-state index contributed by atoms with van der Waals surface area (Å²) in [7, 11) is 1.53. The van der Waals surface area contributed by atoms with E-state index in [-0.39, 0.29) is 5.57 Å². The molecule has 0 bridgehead atoms. The second kappa shape index (κ2) is 10.5. The Morgan fingerprint density at radius 2 is 1.91 bits per heavy atom. The minimum absolute atomic E-state index is 0.0423. The van der Waals surface area contributed by atoms with Gasteiger partial charge in [0.15, 0.2) is 11.5 Å². The first-order valence-electron chi connectivity index (χ1n) is 11.6. The molecule has 1 N–H and O–H groups in total. The number of aryl methyl sites for hydroxylation is 2. The van der Waals surface area contributed by atoms with E-state index in [1.54, 1.807) is 30.3 Å². The molecule has 2 aromatic carbocycles. The molecule has 35 heavy (non-hydrogen) atoms. The van der Waals surface area contributed by atoms with Crippen LogP contribution in [0.3, 0.4) is 0 Å². The fourth-order valence-corrected chi connectivity index (χ4v) is 4.32. The zero-order chi connectivity index (χ0) is 24.9. The standard InChI is InChI=1S/C27H29N3O5/c1-4-35-21-11-10-20(16-22(21)34-3)24-23(25(31)19-8-6-18(2)7-9-19)26(32)27(33)30(24)14-5-13-29-15-12-28-17-29/h6-12,15-17,24H,4-5,13-14H2,1-3H3,(H,31,32). The number of ether oxygens (including phenoxy) is 2. The maximum atomic E-state index is 13.5. The van der Waals surface area contributed by atoms with Crippen LogP contribution in [0.1, 0.15) is 36.1 Å². The van der Waals surface area contributed by atoms with Crippen molar-refractivity contribution in [1.29, 1.82) is 0 Å². The van der Waals surface area contributed by atoms with Crippen LogP contribution in [0.5, 0.6) is 11.5 Å². The summed E-state index contributed by atoms with van der Waals surface area (Å²) in [5.41, 5.74) is 1.95. The summed E-state index contributed by atoms with van der Waals surface area (Å²) in [5, 5.41) is 13.5. The van der Waals surface area contributed by atoms with Crippen molar-refractivity contribution in [3.05, 3.63) is 83.4 Å². The quantitative estimate of drug-likeness (QED) is 0.222. The SMILES string of the molecule is CCOc1ccc(C2/C(=C(\[O-])c3ccc(C)cc3)C(=O)C(=O)N2CCC[n+]2cc[nH]c2)cc1OC. The number of H-pyrrole nitrogens is 1. The summed E-state index contributed by atoms with van der Waals surface area (Å²) in [6.45, 7) is 5.22. The van der Waals surface area contributed by atoms with E-state index in [4.69, 9.17) is 9.47 Å². The molecular weight excluding hydrogens is 446 g/mol. The van der Waals surface area contributed by atoms with Gasteiger partial charge in [-0.2, -0.15) is 0 Å². The highest BCUT2D eigenvalue weighted by Gasteiger charge is 2.44. The number of hydrogen-bond acceptors (Lipinski definition) is 5. The molecule has 4 rings (SSSR count).